The second-order valence-electron chi connectivity index (χ2n) is 16.0. The van der Waals surface area contributed by atoms with E-state index in [1.807, 2.05) is 75.1 Å². The van der Waals surface area contributed by atoms with Gasteiger partial charge in [-0.25, -0.2) is 19.4 Å². The van der Waals surface area contributed by atoms with Gasteiger partial charge in [0.15, 0.2) is 5.65 Å². The number of amides is 6. The number of hydrogen-bond acceptors (Lipinski definition) is 12. The van der Waals surface area contributed by atoms with Crippen molar-refractivity contribution in [1.82, 2.24) is 44.7 Å². The molecule has 60 heavy (non-hydrogen) atoms. The summed E-state index contributed by atoms with van der Waals surface area (Å²) < 4.78 is 7.91. The van der Waals surface area contributed by atoms with Gasteiger partial charge in [-0.2, -0.15) is 5.10 Å². The van der Waals surface area contributed by atoms with Gasteiger partial charge in [0.25, 0.3) is 11.8 Å². The molecule has 5 aromatic rings. The number of carbonyl (C=O) groups excluding carboxylic acids is 5. The first-order valence-electron chi connectivity index (χ1n) is 20.4. The van der Waals surface area contributed by atoms with Gasteiger partial charge in [0, 0.05) is 76.1 Å². The van der Waals surface area contributed by atoms with E-state index in [4.69, 9.17) is 15.6 Å². The summed E-state index contributed by atoms with van der Waals surface area (Å²) in [6.07, 6.45) is 3.32. The fourth-order valence-corrected chi connectivity index (χ4v) is 9.13. The van der Waals surface area contributed by atoms with Crippen LogP contribution in [-0.2, 0) is 9.59 Å². The highest BCUT2D eigenvalue weighted by Gasteiger charge is 2.45. The second kappa shape index (κ2) is 15.1. The molecule has 306 valence electrons. The van der Waals surface area contributed by atoms with E-state index < -0.39 is 29.7 Å². The Morgan fingerprint density at radius 1 is 0.767 bits per heavy atom. The highest BCUT2D eigenvalue weighted by molar-refractivity contribution is 6.23. The molecule has 17 heteroatoms. The van der Waals surface area contributed by atoms with Crippen LogP contribution in [0.2, 0.25) is 0 Å². The van der Waals surface area contributed by atoms with Crippen molar-refractivity contribution in [2.24, 2.45) is 0 Å². The molecule has 2 unspecified atom stereocenters. The van der Waals surface area contributed by atoms with Gasteiger partial charge < -0.3 is 25.2 Å². The number of benzene rings is 3. The fraction of sp³-hybridized carbons (Fsp3) is 0.349. The fourth-order valence-electron chi connectivity index (χ4n) is 9.13. The lowest BCUT2D eigenvalue weighted by Gasteiger charge is -2.49. The number of nitrogens with two attached hydrogens (primary N) is 1. The van der Waals surface area contributed by atoms with Crippen LogP contribution in [0.1, 0.15) is 52.4 Å². The van der Waals surface area contributed by atoms with Crippen LogP contribution in [-0.4, -0.2) is 133 Å². The summed E-state index contributed by atoms with van der Waals surface area (Å²) >= 11 is 0. The molecule has 0 saturated carbocycles. The van der Waals surface area contributed by atoms with Crippen LogP contribution in [0.25, 0.3) is 22.3 Å². The van der Waals surface area contributed by atoms with Crippen molar-refractivity contribution in [1.29, 1.82) is 0 Å². The number of likely N-dealkylation sites (tertiary alicyclic amines) is 2. The average Bonchev–Trinajstić information content (AvgIpc) is 3.76. The first-order valence-corrected chi connectivity index (χ1v) is 20.4. The van der Waals surface area contributed by atoms with Gasteiger partial charge in [-0.05, 0) is 73.9 Å². The summed E-state index contributed by atoms with van der Waals surface area (Å²) in [5.74, 6) is -0.258. The number of nitrogens with zero attached hydrogens (tertiary/aromatic N) is 9. The number of carbonyl (C=O) groups is 5. The smallest absolute Gasteiger partial charge is 0.320 e. The van der Waals surface area contributed by atoms with E-state index >= 15 is 0 Å². The van der Waals surface area contributed by atoms with E-state index in [2.05, 4.69) is 25.1 Å². The Bertz CT molecular complexity index is 2530. The highest BCUT2D eigenvalue weighted by atomic mass is 16.5. The van der Waals surface area contributed by atoms with Crippen molar-refractivity contribution < 1.29 is 28.7 Å². The normalized spacial score (nSPS) is 21.3. The van der Waals surface area contributed by atoms with Crippen LogP contribution in [0.4, 0.5) is 16.3 Å². The molecule has 17 nitrogen and oxygen atoms in total. The lowest BCUT2D eigenvalue weighted by molar-refractivity contribution is -0.136. The molecular weight excluding hydrogens is 767 g/mol. The molecule has 4 saturated heterocycles. The third kappa shape index (κ3) is 6.63. The number of nitrogen functional groups attached to an aromatic ring is 1. The van der Waals surface area contributed by atoms with E-state index in [1.54, 1.807) is 12.1 Å². The monoisotopic (exact) mass is 809 g/mol. The van der Waals surface area contributed by atoms with Gasteiger partial charge >= 0.3 is 6.03 Å². The van der Waals surface area contributed by atoms with Crippen LogP contribution < -0.4 is 20.7 Å². The first-order chi connectivity index (χ1) is 29.2. The molecule has 5 aliphatic heterocycles. The number of ether oxygens (including phenoxy) is 1. The number of fused-ring (bicyclic) bond motifs is 2. The van der Waals surface area contributed by atoms with Gasteiger partial charge in [0.05, 0.1) is 22.6 Å². The lowest BCUT2D eigenvalue weighted by Crippen LogP contribution is -2.66. The number of rotatable bonds is 7. The van der Waals surface area contributed by atoms with Crippen LogP contribution in [0.3, 0.4) is 0 Å². The molecule has 10 rings (SSSR count). The summed E-state index contributed by atoms with van der Waals surface area (Å²) in [5.41, 5.74) is 9.99. The summed E-state index contributed by atoms with van der Waals surface area (Å²) in [7, 11) is 0. The van der Waals surface area contributed by atoms with Crippen molar-refractivity contribution in [3.63, 3.8) is 0 Å². The summed E-state index contributed by atoms with van der Waals surface area (Å²) in [5, 5.41) is 7.97. The standard InChI is InChI=1S/C43H43N11O6/c44-38-36-37(26-8-11-31(12-9-26)60-30-6-2-1-3-7-30)48-54(39(36)46-25-45-38)28-5-4-16-51(22-28)43(59)52-23-29(24-52)50-19-17-49(18-20-50)27-10-13-32-33(21-27)42(58)53(41(32)57)34-14-15-35(55)47-40(34)56/h1-3,6-13,21,25,28-29,34H,4-5,14-20,22-24H2,(H2,44,45,46)(H,47,55,56). The summed E-state index contributed by atoms with van der Waals surface area (Å²) in [6, 6.07) is 21.7. The Balaban J connectivity index is 0.753. The molecule has 0 spiro atoms. The van der Waals surface area contributed by atoms with Gasteiger partial charge in [-0.1, -0.05) is 18.2 Å². The molecule has 0 bridgehead atoms. The molecular formula is C43H43N11O6. The minimum absolute atomic E-state index is 0.0260. The molecule has 6 amide bonds. The van der Waals surface area contributed by atoms with Crippen LogP contribution >= 0.6 is 0 Å². The highest BCUT2D eigenvalue weighted by Crippen LogP contribution is 2.36. The molecule has 3 N–H and O–H groups in total. The van der Waals surface area contributed by atoms with Crippen molar-refractivity contribution in [3.8, 4) is 22.8 Å². The first kappa shape index (κ1) is 37.4. The Labute approximate surface area is 344 Å². The molecule has 5 aliphatic rings. The minimum Gasteiger partial charge on any atom is -0.457 e. The van der Waals surface area contributed by atoms with Gasteiger partial charge in [0.2, 0.25) is 11.8 Å². The number of hydrogen-bond donors (Lipinski definition) is 2. The molecule has 4 fully saturated rings. The summed E-state index contributed by atoms with van der Waals surface area (Å²) in [6.45, 7) is 5.47. The molecule has 7 heterocycles. The molecule has 3 aromatic carbocycles. The van der Waals surface area contributed by atoms with Crippen LogP contribution in [0, 0.1) is 0 Å². The van der Waals surface area contributed by atoms with E-state index in [-0.39, 0.29) is 42.1 Å². The molecule has 2 aromatic heterocycles. The average molecular weight is 810 g/mol. The topological polar surface area (TPSA) is 192 Å². The number of piperazine rings is 1. The van der Waals surface area contributed by atoms with E-state index in [9.17, 15) is 24.0 Å². The Morgan fingerprint density at radius 3 is 2.27 bits per heavy atom. The van der Waals surface area contributed by atoms with Gasteiger partial charge in [-0.3, -0.25) is 34.3 Å². The Kier molecular flexibility index (Phi) is 9.38. The third-order valence-electron chi connectivity index (χ3n) is 12.4. The number of anilines is 2. The lowest BCUT2D eigenvalue weighted by atomic mass is 10.0. The van der Waals surface area contributed by atoms with Crippen molar-refractivity contribution in [2.75, 3.05) is 63.0 Å². The van der Waals surface area contributed by atoms with Crippen LogP contribution in [0.15, 0.2) is 79.1 Å². The van der Waals surface area contributed by atoms with Gasteiger partial charge in [0.1, 0.15) is 35.4 Å². The van der Waals surface area contributed by atoms with E-state index in [1.165, 1.54) is 6.33 Å². The number of piperidine rings is 2. The largest absolute Gasteiger partial charge is 0.457 e. The number of imide groups is 2. The van der Waals surface area contributed by atoms with Crippen molar-refractivity contribution >= 4 is 52.2 Å². The molecule has 2 atom stereocenters. The zero-order chi connectivity index (χ0) is 41.1. The van der Waals surface area contributed by atoms with Gasteiger partial charge in [-0.15, -0.1) is 0 Å². The number of para-hydroxylation sites is 1. The SMILES string of the molecule is Nc1ncnc2c1c(-c1ccc(Oc3ccccc3)cc1)nn2C1CCCN(C(=O)N2CC(N3CCN(c4ccc5c(c4)C(=O)N(C4CCC(=O)NC4=O)C5=O)CC3)C2)C1. The number of nitrogens with one attached hydrogen (secondary N) is 1. The quantitative estimate of drug-likeness (QED) is 0.228. The predicted octanol–water partition coefficient (Wildman–Crippen LogP) is 3.53. The number of urea groups is 1. The number of aromatic nitrogens is 4. The molecule has 0 aliphatic carbocycles. The Morgan fingerprint density at radius 2 is 1.50 bits per heavy atom. The van der Waals surface area contributed by atoms with E-state index in [0.29, 0.717) is 54.5 Å². The second-order valence-corrected chi connectivity index (χ2v) is 16.0. The maximum absolute atomic E-state index is 13.9. The van der Waals surface area contributed by atoms with E-state index in [0.717, 1.165) is 60.9 Å². The van der Waals surface area contributed by atoms with Crippen LogP contribution in [0.5, 0.6) is 11.5 Å². The van der Waals surface area contributed by atoms with Crippen molar-refractivity contribution in [2.45, 2.75) is 43.8 Å². The predicted molar refractivity (Wildman–Crippen MR) is 219 cm³/mol. The third-order valence-corrected chi connectivity index (χ3v) is 12.4. The zero-order valence-electron chi connectivity index (χ0n) is 32.8. The Hall–Kier alpha value is -6.88. The minimum atomic E-state index is -0.996. The molecule has 0 radical (unpaired) electrons. The maximum atomic E-state index is 13.9. The maximum Gasteiger partial charge on any atom is 0.320 e. The summed E-state index contributed by atoms with van der Waals surface area (Å²) in [4.78, 5) is 82.9. The zero-order valence-corrected chi connectivity index (χ0v) is 32.8. The van der Waals surface area contributed by atoms with Crippen molar-refractivity contribution in [3.05, 3.63) is 90.3 Å².